The van der Waals surface area contributed by atoms with E-state index in [-0.39, 0.29) is 18.2 Å². The third kappa shape index (κ3) is 3.35. The molecule has 0 aromatic heterocycles. The predicted octanol–water partition coefficient (Wildman–Crippen LogP) is 3.01. The van der Waals surface area contributed by atoms with Crippen LogP contribution in [0.1, 0.15) is 18.9 Å². The number of rotatable bonds is 6. The number of amides is 2. The van der Waals surface area contributed by atoms with Crippen LogP contribution in [0.15, 0.2) is 42.5 Å². The van der Waals surface area contributed by atoms with E-state index < -0.39 is 6.04 Å². The molecule has 0 bridgehead atoms. The number of nitrogens with zero attached hydrogens (tertiary/aromatic N) is 1. The van der Waals surface area contributed by atoms with Gasteiger partial charge in [-0.25, -0.2) is 4.90 Å². The number of ether oxygens (including phenoxy) is 2. The van der Waals surface area contributed by atoms with Crippen LogP contribution in [0.5, 0.6) is 11.5 Å². The summed E-state index contributed by atoms with van der Waals surface area (Å²) >= 11 is 0. The largest absolute Gasteiger partial charge is 0.497 e. The zero-order chi connectivity index (χ0) is 18.7. The fourth-order valence-corrected chi connectivity index (χ4v) is 3.01. The van der Waals surface area contributed by atoms with Crippen LogP contribution in [-0.4, -0.2) is 32.1 Å². The molecule has 0 saturated carbocycles. The first-order chi connectivity index (χ1) is 12.6. The van der Waals surface area contributed by atoms with E-state index in [1.54, 1.807) is 25.3 Å². The third-order valence-electron chi connectivity index (χ3n) is 4.48. The summed E-state index contributed by atoms with van der Waals surface area (Å²) < 4.78 is 10.5. The van der Waals surface area contributed by atoms with Crippen molar-refractivity contribution in [2.75, 3.05) is 24.4 Å². The minimum absolute atomic E-state index is 0.101. The Hall–Kier alpha value is -3.02. The highest BCUT2D eigenvalue weighted by Gasteiger charge is 2.40. The van der Waals surface area contributed by atoms with Gasteiger partial charge in [0.1, 0.15) is 17.5 Å². The van der Waals surface area contributed by atoms with Crippen molar-refractivity contribution in [1.82, 2.24) is 0 Å². The second-order valence-electron chi connectivity index (χ2n) is 6.06. The van der Waals surface area contributed by atoms with Gasteiger partial charge in [-0.15, -0.1) is 0 Å². The van der Waals surface area contributed by atoms with Gasteiger partial charge in [-0.1, -0.05) is 19.1 Å². The highest BCUT2D eigenvalue weighted by atomic mass is 16.5. The molecule has 0 radical (unpaired) electrons. The third-order valence-corrected chi connectivity index (χ3v) is 4.48. The Kier molecular flexibility index (Phi) is 5.11. The minimum Gasteiger partial charge on any atom is -0.497 e. The smallest absolute Gasteiger partial charge is 0.256 e. The molecule has 6 nitrogen and oxygen atoms in total. The van der Waals surface area contributed by atoms with E-state index in [1.165, 1.54) is 17.6 Å². The first-order valence-corrected chi connectivity index (χ1v) is 8.51. The summed E-state index contributed by atoms with van der Waals surface area (Å²) in [5, 5.41) is 3.15. The number of aryl methyl sites for hydroxylation is 1. The fraction of sp³-hybridized carbons (Fsp3) is 0.300. The standard InChI is InChI=1S/C20H22N2O4/c1-4-13-5-7-14(8-6-13)21-16-12-19(23)22(20(16)24)17-10-9-15(25-2)11-18(17)26-3/h5-11,16,21H,4,12H2,1-3H3/t16-/m0/s1. The molecule has 1 fully saturated rings. The lowest BCUT2D eigenvalue weighted by atomic mass is 10.1. The molecule has 1 N–H and O–H groups in total. The van der Waals surface area contributed by atoms with Crippen molar-refractivity contribution in [2.24, 2.45) is 0 Å². The van der Waals surface area contributed by atoms with Crippen LogP contribution in [0, 0.1) is 0 Å². The van der Waals surface area contributed by atoms with Crippen LogP contribution >= 0.6 is 0 Å². The van der Waals surface area contributed by atoms with Gasteiger partial charge in [-0.2, -0.15) is 0 Å². The molecule has 6 heteroatoms. The van der Waals surface area contributed by atoms with E-state index >= 15 is 0 Å². The van der Waals surface area contributed by atoms with E-state index in [1.807, 2.05) is 24.3 Å². The lowest BCUT2D eigenvalue weighted by Crippen LogP contribution is -2.35. The molecule has 3 rings (SSSR count). The highest BCUT2D eigenvalue weighted by Crippen LogP contribution is 2.35. The van der Waals surface area contributed by atoms with Gasteiger partial charge >= 0.3 is 0 Å². The lowest BCUT2D eigenvalue weighted by Gasteiger charge is -2.19. The molecule has 1 aliphatic heterocycles. The molecule has 2 aromatic rings. The van der Waals surface area contributed by atoms with Crippen LogP contribution in [0.3, 0.4) is 0 Å². The number of methoxy groups -OCH3 is 2. The maximum atomic E-state index is 12.8. The van der Waals surface area contributed by atoms with Crippen molar-refractivity contribution in [3.8, 4) is 11.5 Å². The summed E-state index contributed by atoms with van der Waals surface area (Å²) in [6, 6.07) is 12.3. The maximum Gasteiger partial charge on any atom is 0.256 e. The Morgan fingerprint density at radius 2 is 1.81 bits per heavy atom. The van der Waals surface area contributed by atoms with Crippen LogP contribution in [0.2, 0.25) is 0 Å². The Balaban J connectivity index is 1.82. The molecule has 26 heavy (non-hydrogen) atoms. The zero-order valence-electron chi connectivity index (χ0n) is 15.1. The summed E-state index contributed by atoms with van der Waals surface area (Å²) in [4.78, 5) is 26.5. The quantitative estimate of drug-likeness (QED) is 0.808. The SMILES string of the molecule is CCc1ccc(N[C@H]2CC(=O)N(c3ccc(OC)cc3OC)C2=O)cc1. The summed E-state index contributed by atoms with van der Waals surface area (Å²) in [6.07, 6.45) is 1.05. The summed E-state index contributed by atoms with van der Waals surface area (Å²) in [6.45, 7) is 2.09. The molecule has 1 saturated heterocycles. The first-order valence-electron chi connectivity index (χ1n) is 8.51. The maximum absolute atomic E-state index is 12.8. The van der Waals surface area contributed by atoms with Crippen LogP contribution < -0.4 is 19.7 Å². The second kappa shape index (κ2) is 7.47. The summed E-state index contributed by atoms with van der Waals surface area (Å²) in [7, 11) is 3.04. The number of carbonyl (C=O) groups excluding carboxylic acids is 2. The van der Waals surface area contributed by atoms with E-state index in [0.29, 0.717) is 17.2 Å². The van der Waals surface area contributed by atoms with Crippen LogP contribution in [0.25, 0.3) is 0 Å². The van der Waals surface area contributed by atoms with E-state index in [4.69, 9.17) is 9.47 Å². The molecule has 2 aromatic carbocycles. The number of hydrogen-bond acceptors (Lipinski definition) is 5. The number of carbonyl (C=O) groups is 2. The number of benzene rings is 2. The van der Waals surface area contributed by atoms with Gasteiger partial charge in [0.2, 0.25) is 5.91 Å². The van der Waals surface area contributed by atoms with Crippen molar-refractivity contribution < 1.29 is 19.1 Å². The van der Waals surface area contributed by atoms with Crippen molar-refractivity contribution in [2.45, 2.75) is 25.8 Å². The van der Waals surface area contributed by atoms with Gasteiger partial charge in [0.25, 0.3) is 5.91 Å². The van der Waals surface area contributed by atoms with E-state index in [9.17, 15) is 9.59 Å². The Morgan fingerprint density at radius 3 is 2.42 bits per heavy atom. The van der Waals surface area contributed by atoms with E-state index in [0.717, 1.165) is 12.1 Å². The Bertz CT molecular complexity index is 817. The van der Waals surface area contributed by atoms with Gasteiger partial charge in [-0.3, -0.25) is 9.59 Å². The second-order valence-corrected chi connectivity index (χ2v) is 6.06. The van der Waals surface area contributed by atoms with Crippen molar-refractivity contribution in [3.05, 3.63) is 48.0 Å². The molecule has 136 valence electrons. The predicted molar refractivity (Wildman–Crippen MR) is 99.9 cm³/mol. The van der Waals surface area contributed by atoms with Gasteiger partial charge in [0.05, 0.1) is 26.3 Å². The highest BCUT2D eigenvalue weighted by molar-refractivity contribution is 6.23. The fourth-order valence-electron chi connectivity index (χ4n) is 3.01. The molecule has 0 spiro atoms. The Morgan fingerprint density at radius 1 is 1.08 bits per heavy atom. The molecule has 0 unspecified atom stereocenters. The average molecular weight is 354 g/mol. The molecule has 2 amide bonds. The normalized spacial score (nSPS) is 16.7. The topological polar surface area (TPSA) is 67.9 Å². The van der Waals surface area contributed by atoms with Crippen molar-refractivity contribution in [3.63, 3.8) is 0 Å². The van der Waals surface area contributed by atoms with Crippen LogP contribution in [0.4, 0.5) is 11.4 Å². The summed E-state index contributed by atoms with van der Waals surface area (Å²) in [5.74, 6) is 0.452. The van der Waals surface area contributed by atoms with Gasteiger partial charge in [0.15, 0.2) is 0 Å². The van der Waals surface area contributed by atoms with Gasteiger partial charge in [-0.05, 0) is 36.2 Å². The van der Waals surface area contributed by atoms with E-state index in [2.05, 4.69) is 12.2 Å². The summed E-state index contributed by atoms with van der Waals surface area (Å²) in [5.41, 5.74) is 2.46. The average Bonchev–Trinajstić information content (AvgIpc) is 2.95. The Labute approximate surface area is 152 Å². The zero-order valence-corrected chi connectivity index (χ0v) is 15.1. The molecule has 0 aliphatic carbocycles. The number of nitrogens with one attached hydrogen (secondary N) is 1. The minimum atomic E-state index is -0.596. The molecule has 1 atom stereocenters. The molecular weight excluding hydrogens is 332 g/mol. The van der Waals surface area contributed by atoms with Gasteiger partial charge in [0, 0.05) is 11.8 Å². The van der Waals surface area contributed by atoms with Crippen molar-refractivity contribution >= 4 is 23.2 Å². The number of hydrogen-bond donors (Lipinski definition) is 1. The number of anilines is 2. The molecule has 1 aliphatic rings. The van der Waals surface area contributed by atoms with Gasteiger partial charge < -0.3 is 14.8 Å². The molecular formula is C20H22N2O4. The van der Waals surface area contributed by atoms with Crippen LogP contribution in [-0.2, 0) is 16.0 Å². The molecule has 1 heterocycles. The number of imide groups is 1. The monoisotopic (exact) mass is 354 g/mol. The first kappa shape index (κ1) is 17.8. The van der Waals surface area contributed by atoms with Crippen molar-refractivity contribution in [1.29, 1.82) is 0 Å². The lowest BCUT2D eigenvalue weighted by molar-refractivity contribution is -0.121.